The van der Waals surface area contributed by atoms with E-state index in [0.29, 0.717) is 23.7 Å². The van der Waals surface area contributed by atoms with Gasteiger partial charge in [0.05, 0.1) is 6.10 Å². The van der Waals surface area contributed by atoms with Gasteiger partial charge in [0, 0.05) is 36.7 Å². The van der Waals surface area contributed by atoms with E-state index in [1.807, 2.05) is 0 Å². The lowest BCUT2D eigenvalue weighted by Crippen LogP contribution is -2.43. The van der Waals surface area contributed by atoms with Crippen molar-refractivity contribution in [3.05, 3.63) is 34.9 Å². The summed E-state index contributed by atoms with van der Waals surface area (Å²) in [6, 6.07) is 7.88. The van der Waals surface area contributed by atoms with E-state index in [1.54, 1.807) is 24.3 Å². The molecule has 0 heterocycles. The van der Waals surface area contributed by atoms with E-state index in [1.165, 1.54) is 12.8 Å². The van der Waals surface area contributed by atoms with Gasteiger partial charge in [0.15, 0.2) is 0 Å². The monoisotopic (exact) mass is 339 g/mol. The number of carbonyl (C=O) groups is 1. The molecule has 1 fully saturated rings. The minimum Gasteiger partial charge on any atom is -0.387 e. The summed E-state index contributed by atoms with van der Waals surface area (Å²) in [5.74, 6) is 0. The maximum atomic E-state index is 11.8. The molecular weight excluding hydrogens is 314 g/mol. The van der Waals surface area contributed by atoms with E-state index >= 15 is 0 Å². The fourth-order valence-corrected chi connectivity index (χ4v) is 2.75. The Kier molecular flexibility index (Phi) is 6.69. The van der Waals surface area contributed by atoms with Crippen LogP contribution in [0.15, 0.2) is 24.3 Å². The number of nitrogens with one attached hydrogen (secondary N) is 2. The minimum atomic E-state index is -0.739. The van der Waals surface area contributed by atoms with Gasteiger partial charge < -0.3 is 15.7 Å². The molecule has 0 aromatic heterocycles. The molecule has 3 N–H and O–H groups in total. The molecule has 0 saturated heterocycles. The molecule has 23 heavy (non-hydrogen) atoms. The quantitative estimate of drug-likeness (QED) is 0.682. The van der Waals surface area contributed by atoms with Crippen LogP contribution in [0, 0.1) is 0 Å². The molecule has 1 atom stereocenters. The van der Waals surface area contributed by atoms with Crippen LogP contribution in [0.3, 0.4) is 0 Å². The van der Waals surface area contributed by atoms with Crippen LogP contribution in [0.4, 0.5) is 4.79 Å². The molecule has 0 radical (unpaired) electrons. The van der Waals surface area contributed by atoms with Gasteiger partial charge in [-0.2, -0.15) is 0 Å². The van der Waals surface area contributed by atoms with Crippen molar-refractivity contribution < 1.29 is 9.90 Å². The third kappa shape index (κ3) is 6.01. The van der Waals surface area contributed by atoms with Crippen molar-refractivity contribution in [2.45, 2.75) is 44.9 Å². The number of halogens is 1. The third-order valence-corrected chi connectivity index (χ3v) is 4.30. The van der Waals surface area contributed by atoms with Gasteiger partial charge in [-0.3, -0.25) is 4.90 Å². The lowest BCUT2D eigenvalue weighted by Gasteiger charge is -2.26. The number of aliphatic hydroxyl groups excluding tert-OH is 1. The number of hydrogen-bond acceptors (Lipinski definition) is 3. The Morgan fingerprint density at radius 3 is 2.52 bits per heavy atom. The van der Waals surface area contributed by atoms with Crippen LogP contribution in [-0.2, 0) is 0 Å². The fourth-order valence-electron chi connectivity index (χ4n) is 2.62. The van der Waals surface area contributed by atoms with Crippen LogP contribution in [0.2, 0.25) is 5.02 Å². The number of aliphatic hydroxyl groups is 1. The number of hydrogen-bond donors (Lipinski definition) is 3. The predicted molar refractivity (Wildman–Crippen MR) is 92.7 cm³/mol. The van der Waals surface area contributed by atoms with Gasteiger partial charge in [0.25, 0.3) is 0 Å². The van der Waals surface area contributed by atoms with E-state index in [0.717, 1.165) is 12.1 Å². The van der Waals surface area contributed by atoms with Crippen LogP contribution in [0.1, 0.15) is 38.4 Å². The van der Waals surface area contributed by atoms with Gasteiger partial charge in [-0.15, -0.1) is 0 Å². The van der Waals surface area contributed by atoms with Crippen LogP contribution in [0.5, 0.6) is 0 Å². The van der Waals surface area contributed by atoms with Crippen molar-refractivity contribution in [2.24, 2.45) is 0 Å². The minimum absolute atomic E-state index is 0.171. The first kappa shape index (κ1) is 18.0. The number of carbonyl (C=O) groups excluding carboxylic acids is 1. The molecule has 2 rings (SSSR count). The summed E-state index contributed by atoms with van der Waals surface area (Å²) in [6.07, 6.45) is 1.78. The van der Waals surface area contributed by atoms with Crippen molar-refractivity contribution in [2.75, 3.05) is 19.6 Å². The predicted octanol–water partition coefficient (Wildman–Crippen LogP) is 2.55. The Bertz CT molecular complexity index is 501. The average molecular weight is 340 g/mol. The maximum Gasteiger partial charge on any atom is 0.314 e. The summed E-state index contributed by atoms with van der Waals surface area (Å²) < 4.78 is 0. The van der Waals surface area contributed by atoms with Gasteiger partial charge in [-0.25, -0.2) is 4.79 Å². The van der Waals surface area contributed by atoms with Crippen molar-refractivity contribution in [3.63, 3.8) is 0 Å². The normalized spacial score (nSPS) is 15.7. The van der Waals surface area contributed by atoms with E-state index < -0.39 is 6.10 Å². The fraction of sp³-hybridized carbons (Fsp3) is 0.588. The standard InChI is InChI=1S/C17H26ClN3O2/c1-12(2)21(15-7-8-15)10-9-19-17(23)20-11-16(22)13-3-5-14(18)6-4-13/h3-6,12,15-16,22H,7-11H2,1-2H3,(H2,19,20,23). The molecule has 0 bridgehead atoms. The molecule has 128 valence electrons. The second kappa shape index (κ2) is 8.52. The number of benzene rings is 1. The number of rotatable bonds is 8. The van der Waals surface area contributed by atoms with Gasteiger partial charge >= 0.3 is 6.03 Å². The first-order valence-electron chi connectivity index (χ1n) is 8.18. The molecule has 1 unspecified atom stereocenters. The molecule has 6 heteroatoms. The third-order valence-electron chi connectivity index (χ3n) is 4.05. The number of nitrogens with zero attached hydrogens (tertiary/aromatic N) is 1. The van der Waals surface area contributed by atoms with Gasteiger partial charge in [-0.1, -0.05) is 23.7 Å². The zero-order chi connectivity index (χ0) is 16.8. The van der Waals surface area contributed by atoms with Crippen molar-refractivity contribution in [1.29, 1.82) is 0 Å². The van der Waals surface area contributed by atoms with Crippen LogP contribution in [-0.4, -0.2) is 47.8 Å². The van der Waals surface area contributed by atoms with Crippen molar-refractivity contribution >= 4 is 17.6 Å². The zero-order valence-electron chi connectivity index (χ0n) is 13.8. The summed E-state index contributed by atoms with van der Waals surface area (Å²) in [6.45, 7) is 6.00. The SMILES string of the molecule is CC(C)N(CCNC(=O)NCC(O)c1ccc(Cl)cc1)C1CC1. The Labute approximate surface area is 143 Å². The molecule has 2 amide bonds. The Morgan fingerprint density at radius 1 is 1.30 bits per heavy atom. The van der Waals surface area contributed by atoms with Gasteiger partial charge in [0.1, 0.15) is 0 Å². The van der Waals surface area contributed by atoms with Crippen molar-refractivity contribution in [1.82, 2.24) is 15.5 Å². The highest BCUT2D eigenvalue weighted by atomic mass is 35.5. The molecule has 1 aliphatic carbocycles. The first-order chi connectivity index (χ1) is 11.0. The first-order valence-corrected chi connectivity index (χ1v) is 8.56. The smallest absolute Gasteiger partial charge is 0.314 e. The van der Waals surface area contributed by atoms with E-state index in [9.17, 15) is 9.90 Å². The molecule has 1 aromatic carbocycles. The van der Waals surface area contributed by atoms with Crippen LogP contribution in [0.25, 0.3) is 0 Å². The highest BCUT2D eigenvalue weighted by Crippen LogP contribution is 2.27. The summed E-state index contributed by atoms with van der Waals surface area (Å²) >= 11 is 5.81. The molecule has 5 nitrogen and oxygen atoms in total. The van der Waals surface area contributed by atoms with E-state index in [-0.39, 0.29) is 12.6 Å². The van der Waals surface area contributed by atoms with Crippen LogP contribution >= 0.6 is 11.6 Å². The highest BCUT2D eigenvalue weighted by molar-refractivity contribution is 6.30. The number of amides is 2. The Balaban J connectivity index is 1.65. The second-order valence-corrected chi connectivity index (χ2v) is 6.70. The Morgan fingerprint density at radius 2 is 1.96 bits per heavy atom. The maximum absolute atomic E-state index is 11.8. The highest BCUT2D eigenvalue weighted by Gasteiger charge is 2.30. The topological polar surface area (TPSA) is 64.6 Å². The lowest BCUT2D eigenvalue weighted by molar-refractivity contribution is 0.172. The molecular formula is C17H26ClN3O2. The molecule has 1 aliphatic rings. The summed E-state index contributed by atoms with van der Waals surface area (Å²) in [4.78, 5) is 14.2. The molecule has 0 aliphatic heterocycles. The number of urea groups is 1. The largest absolute Gasteiger partial charge is 0.387 e. The van der Waals surface area contributed by atoms with Gasteiger partial charge in [0.2, 0.25) is 0 Å². The molecule has 0 spiro atoms. The zero-order valence-corrected chi connectivity index (χ0v) is 14.5. The average Bonchev–Trinajstić information content (AvgIpc) is 3.34. The Hall–Kier alpha value is -1.30. The van der Waals surface area contributed by atoms with Crippen LogP contribution < -0.4 is 10.6 Å². The summed E-state index contributed by atoms with van der Waals surface area (Å²) in [5.41, 5.74) is 0.731. The lowest BCUT2D eigenvalue weighted by atomic mass is 10.1. The summed E-state index contributed by atoms with van der Waals surface area (Å²) in [7, 11) is 0. The summed E-state index contributed by atoms with van der Waals surface area (Å²) in [5, 5.41) is 16.2. The van der Waals surface area contributed by atoms with E-state index in [2.05, 4.69) is 29.4 Å². The van der Waals surface area contributed by atoms with Gasteiger partial charge in [-0.05, 0) is 44.4 Å². The second-order valence-electron chi connectivity index (χ2n) is 6.27. The van der Waals surface area contributed by atoms with Crippen molar-refractivity contribution in [3.8, 4) is 0 Å². The molecule has 1 saturated carbocycles. The van der Waals surface area contributed by atoms with E-state index in [4.69, 9.17) is 11.6 Å². The molecule has 1 aromatic rings.